The lowest BCUT2D eigenvalue weighted by molar-refractivity contribution is -0.121. The highest BCUT2D eigenvalue weighted by Crippen LogP contribution is 2.08. The molecule has 1 atom stereocenters. The fraction of sp³-hybridized carbons (Fsp3) is 0.222. The molecule has 128 valence electrons. The molecule has 2 aromatic carbocycles. The van der Waals surface area contributed by atoms with E-state index in [0.717, 1.165) is 5.56 Å². The number of hydrogen-bond donors (Lipinski definition) is 2. The number of aromatic amines is 1. The predicted octanol–water partition coefficient (Wildman–Crippen LogP) is 1.85. The molecule has 0 saturated carbocycles. The standard InChI is InChI=1S/C18H18FN5O/c19-15-8-4-7-14(9-15)11-18(25)20-16(12-17-21-23-24-22-17)10-13-5-2-1-3-6-13/h1-9,16H,10-12H2,(H,20,25)(H,21,22,23,24)/t16-/m0/s1. The second-order valence-corrected chi connectivity index (χ2v) is 5.79. The minimum Gasteiger partial charge on any atom is -0.352 e. The molecule has 7 heteroatoms. The van der Waals surface area contributed by atoms with Crippen molar-refractivity contribution in [2.75, 3.05) is 0 Å². The van der Waals surface area contributed by atoms with Crippen molar-refractivity contribution >= 4 is 5.91 Å². The van der Waals surface area contributed by atoms with Gasteiger partial charge in [-0.2, -0.15) is 5.21 Å². The summed E-state index contributed by atoms with van der Waals surface area (Å²) in [6.45, 7) is 0. The van der Waals surface area contributed by atoms with Gasteiger partial charge in [-0.3, -0.25) is 4.79 Å². The van der Waals surface area contributed by atoms with Crippen molar-refractivity contribution in [3.8, 4) is 0 Å². The van der Waals surface area contributed by atoms with Crippen LogP contribution in [0.4, 0.5) is 4.39 Å². The molecule has 0 spiro atoms. The summed E-state index contributed by atoms with van der Waals surface area (Å²) in [5.74, 6) is 0.0138. The van der Waals surface area contributed by atoms with Gasteiger partial charge in [0.25, 0.3) is 0 Å². The fourth-order valence-corrected chi connectivity index (χ4v) is 2.67. The molecule has 0 fully saturated rings. The highest BCUT2D eigenvalue weighted by molar-refractivity contribution is 5.78. The van der Waals surface area contributed by atoms with E-state index in [1.807, 2.05) is 30.3 Å². The van der Waals surface area contributed by atoms with Crippen LogP contribution < -0.4 is 5.32 Å². The van der Waals surface area contributed by atoms with Gasteiger partial charge in [-0.05, 0) is 29.7 Å². The number of hydrogen-bond acceptors (Lipinski definition) is 4. The first-order valence-corrected chi connectivity index (χ1v) is 7.99. The van der Waals surface area contributed by atoms with Crippen LogP contribution in [0.3, 0.4) is 0 Å². The molecule has 1 amide bonds. The first-order valence-electron chi connectivity index (χ1n) is 7.99. The van der Waals surface area contributed by atoms with Gasteiger partial charge in [0.1, 0.15) is 5.82 Å². The summed E-state index contributed by atoms with van der Waals surface area (Å²) in [5.41, 5.74) is 1.73. The van der Waals surface area contributed by atoms with Gasteiger partial charge in [0.2, 0.25) is 5.91 Å². The third kappa shape index (κ3) is 5.20. The summed E-state index contributed by atoms with van der Waals surface area (Å²) >= 11 is 0. The van der Waals surface area contributed by atoms with E-state index >= 15 is 0 Å². The molecule has 1 aromatic heterocycles. The molecule has 0 unspecified atom stereocenters. The van der Waals surface area contributed by atoms with Crippen LogP contribution in [-0.2, 0) is 24.1 Å². The Morgan fingerprint density at radius 3 is 2.60 bits per heavy atom. The fourth-order valence-electron chi connectivity index (χ4n) is 2.67. The Labute approximate surface area is 144 Å². The Bertz CT molecular complexity index is 807. The third-order valence-electron chi connectivity index (χ3n) is 3.76. The highest BCUT2D eigenvalue weighted by Gasteiger charge is 2.16. The van der Waals surface area contributed by atoms with Gasteiger partial charge in [0.05, 0.1) is 6.42 Å². The molecule has 0 saturated heterocycles. The quantitative estimate of drug-likeness (QED) is 0.688. The monoisotopic (exact) mass is 339 g/mol. The van der Waals surface area contributed by atoms with E-state index in [9.17, 15) is 9.18 Å². The van der Waals surface area contributed by atoms with Crippen molar-refractivity contribution in [1.82, 2.24) is 25.9 Å². The summed E-state index contributed by atoms with van der Waals surface area (Å²) in [5, 5.41) is 16.9. The molecule has 1 heterocycles. The number of halogens is 1. The number of carbonyl (C=O) groups excluding carboxylic acids is 1. The first-order chi connectivity index (χ1) is 12.2. The second-order valence-electron chi connectivity index (χ2n) is 5.79. The van der Waals surface area contributed by atoms with E-state index in [2.05, 4.69) is 25.9 Å². The number of carbonyl (C=O) groups is 1. The van der Waals surface area contributed by atoms with Crippen molar-refractivity contribution < 1.29 is 9.18 Å². The maximum absolute atomic E-state index is 13.3. The highest BCUT2D eigenvalue weighted by atomic mass is 19.1. The van der Waals surface area contributed by atoms with E-state index in [-0.39, 0.29) is 24.2 Å². The largest absolute Gasteiger partial charge is 0.352 e. The van der Waals surface area contributed by atoms with E-state index in [4.69, 9.17) is 0 Å². The molecule has 0 aliphatic heterocycles. The summed E-state index contributed by atoms with van der Waals surface area (Å²) in [4.78, 5) is 12.4. The summed E-state index contributed by atoms with van der Waals surface area (Å²) < 4.78 is 13.3. The van der Waals surface area contributed by atoms with Crippen LogP contribution in [0.25, 0.3) is 0 Å². The lowest BCUT2D eigenvalue weighted by Crippen LogP contribution is -2.39. The Morgan fingerprint density at radius 2 is 1.88 bits per heavy atom. The topological polar surface area (TPSA) is 83.6 Å². The molecule has 0 bridgehead atoms. The molecule has 0 radical (unpaired) electrons. The van der Waals surface area contributed by atoms with Gasteiger partial charge in [-0.1, -0.05) is 47.7 Å². The Hall–Kier alpha value is -3.09. The van der Waals surface area contributed by atoms with E-state index < -0.39 is 0 Å². The molecular formula is C18H18FN5O. The van der Waals surface area contributed by atoms with Gasteiger partial charge in [0, 0.05) is 12.5 Å². The van der Waals surface area contributed by atoms with Gasteiger partial charge in [-0.25, -0.2) is 4.39 Å². The molecule has 0 aliphatic rings. The van der Waals surface area contributed by atoms with Gasteiger partial charge < -0.3 is 5.32 Å². The SMILES string of the molecule is O=C(Cc1cccc(F)c1)N[C@@H](Cc1ccccc1)Cc1nn[nH]n1. The van der Waals surface area contributed by atoms with Crippen LogP contribution in [0.5, 0.6) is 0 Å². The number of tetrazole rings is 1. The minimum absolute atomic E-state index is 0.120. The molecular weight excluding hydrogens is 321 g/mol. The normalized spacial score (nSPS) is 11.9. The predicted molar refractivity (Wildman–Crippen MR) is 90.1 cm³/mol. The first kappa shape index (κ1) is 16.8. The summed E-state index contributed by atoms with van der Waals surface area (Å²) in [7, 11) is 0. The molecule has 25 heavy (non-hydrogen) atoms. The molecule has 3 aromatic rings. The van der Waals surface area contributed by atoms with Crippen molar-refractivity contribution in [3.05, 3.63) is 77.4 Å². The molecule has 6 nitrogen and oxygen atoms in total. The Balaban J connectivity index is 1.66. The van der Waals surface area contributed by atoms with Crippen LogP contribution >= 0.6 is 0 Å². The van der Waals surface area contributed by atoms with Crippen LogP contribution in [-0.4, -0.2) is 32.6 Å². The minimum atomic E-state index is -0.349. The van der Waals surface area contributed by atoms with Crippen LogP contribution in [0.1, 0.15) is 17.0 Å². The van der Waals surface area contributed by atoms with Crippen molar-refractivity contribution in [1.29, 1.82) is 0 Å². The third-order valence-corrected chi connectivity index (χ3v) is 3.76. The van der Waals surface area contributed by atoms with Crippen LogP contribution in [0.15, 0.2) is 54.6 Å². The average Bonchev–Trinajstić information content (AvgIpc) is 3.08. The Morgan fingerprint density at radius 1 is 1.08 bits per heavy atom. The number of benzene rings is 2. The maximum Gasteiger partial charge on any atom is 0.224 e. The lowest BCUT2D eigenvalue weighted by atomic mass is 10.0. The number of H-pyrrole nitrogens is 1. The lowest BCUT2D eigenvalue weighted by Gasteiger charge is -2.17. The number of amides is 1. The molecule has 3 rings (SSSR count). The summed E-state index contributed by atoms with van der Waals surface area (Å²) in [6, 6.07) is 15.7. The van der Waals surface area contributed by atoms with Crippen LogP contribution in [0, 0.1) is 5.82 Å². The van der Waals surface area contributed by atoms with Crippen LogP contribution in [0.2, 0.25) is 0 Å². The smallest absolute Gasteiger partial charge is 0.224 e. The van der Waals surface area contributed by atoms with Crippen molar-refractivity contribution in [2.45, 2.75) is 25.3 Å². The zero-order valence-electron chi connectivity index (χ0n) is 13.5. The number of nitrogens with one attached hydrogen (secondary N) is 2. The molecule has 0 aliphatic carbocycles. The van der Waals surface area contributed by atoms with Gasteiger partial charge in [0.15, 0.2) is 5.82 Å². The van der Waals surface area contributed by atoms with Crippen molar-refractivity contribution in [3.63, 3.8) is 0 Å². The number of nitrogens with zero attached hydrogens (tertiary/aromatic N) is 3. The zero-order chi connectivity index (χ0) is 17.5. The second kappa shape index (κ2) is 8.14. The summed E-state index contributed by atoms with van der Waals surface area (Å²) in [6.07, 6.45) is 1.22. The Kier molecular flexibility index (Phi) is 5.46. The number of aromatic nitrogens is 4. The van der Waals surface area contributed by atoms with Gasteiger partial charge >= 0.3 is 0 Å². The van der Waals surface area contributed by atoms with E-state index in [0.29, 0.717) is 24.2 Å². The average molecular weight is 339 g/mol. The molecule has 2 N–H and O–H groups in total. The maximum atomic E-state index is 13.3. The van der Waals surface area contributed by atoms with Crippen molar-refractivity contribution in [2.24, 2.45) is 0 Å². The van der Waals surface area contributed by atoms with Gasteiger partial charge in [-0.15, -0.1) is 10.2 Å². The number of rotatable bonds is 7. The van der Waals surface area contributed by atoms with E-state index in [1.54, 1.807) is 12.1 Å². The zero-order valence-corrected chi connectivity index (χ0v) is 13.5. The van der Waals surface area contributed by atoms with E-state index in [1.165, 1.54) is 12.1 Å².